The van der Waals surface area contributed by atoms with Crippen LogP contribution in [0.1, 0.15) is 26.7 Å². The van der Waals surface area contributed by atoms with E-state index in [9.17, 15) is 22.9 Å². The zero-order valence-corrected chi connectivity index (χ0v) is 12.7. The van der Waals surface area contributed by atoms with Crippen LogP contribution >= 0.6 is 0 Å². The first-order chi connectivity index (χ1) is 9.83. The fourth-order valence-corrected chi connectivity index (χ4v) is 3.01. The number of rotatable bonds is 8. The first-order valence-corrected chi connectivity index (χ1v) is 8.03. The van der Waals surface area contributed by atoms with Crippen LogP contribution in [0.25, 0.3) is 0 Å². The molecule has 1 rings (SSSR count). The molecule has 0 saturated heterocycles. The van der Waals surface area contributed by atoms with Gasteiger partial charge in [0.1, 0.15) is 4.90 Å². The van der Waals surface area contributed by atoms with Gasteiger partial charge in [0.25, 0.3) is 5.69 Å². The molecule has 7 nitrogen and oxygen atoms in total. The molecule has 0 amide bonds. The second-order valence-corrected chi connectivity index (χ2v) is 6.09. The molecule has 1 aromatic rings. The average Bonchev–Trinajstić information content (AvgIpc) is 2.41. The first-order valence-electron chi connectivity index (χ1n) is 6.55. The summed E-state index contributed by atoms with van der Waals surface area (Å²) < 4.78 is 40.5. The molecule has 1 aromatic carbocycles. The smallest absolute Gasteiger partial charge is 0.274 e. The summed E-state index contributed by atoms with van der Waals surface area (Å²) >= 11 is 0. The molecular formula is C12H18FN3O4S. The highest BCUT2D eigenvalue weighted by atomic mass is 32.2. The van der Waals surface area contributed by atoms with Crippen LogP contribution < -0.4 is 10.0 Å². The largest absolute Gasteiger partial charge is 0.384 e. The Bertz CT molecular complexity index is 619. The summed E-state index contributed by atoms with van der Waals surface area (Å²) in [4.78, 5) is 9.40. The molecule has 9 heteroatoms. The first kappa shape index (κ1) is 17.3. The van der Waals surface area contributed by atoms with Crippen molar-refractivity contribution in [1.82, 2.24) is 4.72 Å². The average molecular weight is 319 g/mol. The number of anilines is 1. The maximum absolute atomic E-state index is 14.1. The quantitative estimate of drug-likeness (QED) is 0.565. The van der Waals surface area contributed by atoms with Gasteiger partial charge in [-0.2, -0.15) is 0 Å². The van der Waals surface area contributed by atoms with Crippen molar-refractivity contribution in [3.05, 3.63) is 28.1 Å². The Kier molecular flexibility index (Phi) is 6.03. The minimum Gasteiger partial charge on any atom is -0.384 e. The Balaban J connectivity index is 3.37. The summed E-state index contributed by atoms with van der Waals surface area (Å²) in [6, 6.07) is 1.64. The van der Waals surface area contributed by atoms with Crippen LogP contribution in [0.15, 0.2) is 17.0 Å². The van der Waals surface area contributed by atoms with E-state index in [0.717, 1.165) is 6.07 Å². The summed E-state index contributed by atoms with van der Waals surface area (Å²) in [5.41, 5.74) is -0.604. The van der Waals surface area contributed by atoms with Crippen molar-refractivity contribution in [3.63, 3.8) is 0 Å². The third kappa shape index (κ3) is 4.36. The number of hydrogen-bond donors (Lipinski definition) is 2. The monoisotopic (exact) mass is 319 g/mol. The summed E-state index contributed by atoms with van der Waals surface area (Å²) in [7, 11) is -4.07. The number of benzene rings is 1. The Labute approximate surface area is 122 Å². The molecule has 0 radical (unpaired) electrons. The van der Waals surface area contributed by atoms with Crippen molar-refractivity contribution < 1.29 is 17.7 Å². The van der Waals surface area contributed by atoms with E-state index in [1.807, 2.05) is 6.92 Å². The van der Waals surface area contributed by atoms with Crippen LogP contribution in [0.4, 0.5) is 15.8 Å². The minimum absolute atomic E-state index is 0.104. The van der Waals surface area contributed by atoms with Gasteiger partial charge < -0.3 is 5.32 Å². The van der Waals surface area contributed by atoms with Crippen LogP contribution in [0, 0.1) is 15.9 Å². The van der Waals surface area contributed by atoms with Gasteiger partial charge in [-0.05, 0) is 12.8 Å². The van der Waals surface area contributed by atoms with Gasteiger partial charge in [-0.25, -0.2) is 17.5 Å². The molecule has 21 heavy (non-hydrogen) atoms. The van der Waals surface area contributed by atoms with Crippen molar-refractivity contribution in [2.75, 3.05) is 18.4 Å². The van der Waals surface area contributed by atoms with Gasteiger partial charge in [0, 0.05) is 19.2 Å². The standard InChI is InChI=1S/C12H18FN3O4S/c1-3-5-14-11-8-9(16(17)18)7-10(13)12(11)21(19,20)15-6-4-2/h7-8,14-15H,3-6H2,1-2H3. The molecule has 0 fully saturated rings. The van der Waals surface area contributed by atoms with E-state index < -0.39 is 31.3 Å². The highest BCUT2D eigenvalue weighted by molar-refractivity contribution is 7.89. The molecule has 0 heterocycles. The molecule has 0 aliphatic rings. The molecule has 0 atom stereocenters. The van der Waals surface area contributed by atoms with Gasteiger partial charge in [0.15, 0.2) is 5.82 Å². The molecule has 0 unspecified atom stereocenters. The maximum atomic E-state index is 14.1. The van der Waals surface area contributed by atoms with Gasteiger partial charge in [0.2, 0.25) is 10.0 Å². The molecule has 0 saturated carbocycles. The summed E-state index contributed by atoms with van der Waals surface area (Å²) in [5, 5.41) is 13.5. The summed E-state index contributed by atoms with van der Waals surface area (Å²) in [6.07, 6.45) is 1.21. The molecule has 0 bridgehead atoms. The van der Waals surface area contributed by atoms with Gasteiger partial charge in [0.05, 0.1) is 16.7 Å². The number of nitrogens with one attached hydrogen (secondary N) is 2. The number of halogens is 1. The third-order valence-electron chi connectivity index (χ3n) is 2.62. The van der Waals surface area contributed by atoms with Crippen molar-refractivity contribution in [2.45, 2.75) is 31.6 Å². The van der Waals surface area contributed by atoms with Crippen LogP contribution in [-0.4, -0.2) is 26.4 Å². The number of hydrogen-bond acceptors (Lipinski definition) is 5. The van der Waals surface area contributed by atoms with Crippen molar-refractivity contribution in [3.8, 4) is 0 Å². The third-order valence-corrected chi connectivity index (χ3v) is 4.15. The number of non-ortho nitro benzene ring substituents is 1. The fourth-order valence-electron chi connectivity index (χ4n) is 1.66. The van der Waals surface area contributed by atoms with E-state index in [0.29, 0.717) is 25.5 Å². The molecule has 0 aliphatic heterocycles. The lowest BCUT2D eigenvalue weighted by atomic mass is 10.2. The van der Waals surface area contributed by atoms with Crippen molar-refractivity contribution in [2.24, 2.45) is 0 Å². The van der Waals surface area contributed by atoms with Crippen molar-refractivity contribution >= 4 is 21.4 Å². The van der Waals surface area contributed by atoms with E-state index in [4.69, 9.17) is 0 Å². The fraction of sp³-hybridized carbons (Fsp3) is 0.500. The van der Waals surface area contributed by atoms with Crippen LogP contribution in [0.2, 0.25) is 0 Å². The molecule has 0 spiro atoms. The Hall–Kier alpha value is -1.74. The predicted octanol–water partition coefficient (Wildman–Crippen LogP) is 2.24. The predicted molar refractivity (Wildman–Crippen MR) is 77.3 cm³/mol. The maximum Gasteiger partial charge on any atom is 0.274 e. The molecule has 0 aliphatic carbocycles. The van der Waals surface area contributed by atoms with Crippen LogP contribution in [-0.2, 0) is 10.0 Å². The van der Waals surface area contributed by atoms with Gasteiger partial charge >= 0.3 is 0 Å². The lowest BCUT2D eigenvalue weighted by Gasteiger charge is -2.13. The van der Waals surface area contributed by atoms with Crippen LogP contribution in [0.3, 0.4) is 0 Å². The van der Waals surface area contributed by atoms with E-state index in [-0.39, 0.29) is 12.2 Å². The molecular weight excluding hydrogens is 301 g/mol. The SMILES string of the molecule is CCCNc1cc([N+](=O)[O-])cc(F)c1S(=O)(=O)NCCC. The van der Waals surface area contributed by atoms with E-state index in [1.54, 1.807) is 6.92 Å². The van der Waals surface area contributed by atoms with E-state index in [1.165, 1.54) is 0 Å². The van der Waals surface area contributed by atoms with Crippen molar-refractivity contribution in [1.29, 1.82) is 0 Å². The van der Waals surface area contributed by atoms with Crippen LogP contribution in [0.5, 0.6) is 0 Å². The van der Waals surface area contributed by atoms with Gasteiger partial charge in [-0.1, -0.05) is 13.8 Å². The molecule has 0 aromatic heterocycles. The summed E-state index contributed by atoms with van der Waals surface area (Å²) in [6.45, 7) is 4.14. The number of nitro benzene ring substituents is 1. The normalized spacial score (nSPS) is 11.4. The number of nitro groups is 1. The van der Waals surface area contributed by atoms with E-state index in [2.05, 4.69) is 10.0 Å². The highest BCUT2D eigenvalue weighted by Crippen LogP contribution is 2.29. The molecule has 118 valence electrons. The Morgan fingerprint density at radius 2 is 1.86 bits per heavy atom. The second-order valence-electron chi connectivity index (χ2n) is 4.39. The number of sulfonamides is 1. The molecule has 2 N–H and O–H groups in total. The van der Waals surface area contributed by atoms with Gasteiger partial charge in [-0.15, -0.1) is 0 Å². The van der Waals surface area contributed by atoms with E-state index >= 15 is 0 Å². The minimum atomic E-state index is -4.07. The zero-order chi connectivity index (χ0) is 16.0. The Morgan fingerprint density at radius 1 is 1.24 bits per heavy atom. The lowest BCUT2D eigenvalue weighted by molar-refractivity contribution is -0.385. The van der Waals surface area contributed by atoms with Gasteiger partial charge in [-0.3, -0.25) is 10.1 Å². The second kappa shape index (κ2) is 7.32. The lowest BCUT2D eigenvalue weighted by Crippen LogP contribution is -2.26. The number of nitrogens with zero attached hydrogens (tertiary/aromatic N) is 1. The Morgan fingerprint density at radius 3 is 2.38 bits per heavy atom. The zero-order valence-electron chi connectivity index (χ0n) is 11.8. The highest BCUT2D eigenvalue weighted by Gasteiger charge is 2.26. The summed E-state index contributed by atoms with van der Waals surface area (Å²) in [5.74, 6) is -1.15. The topological polar surface area (TPSA) is 101 Å².